The van der Waals surface area contributed by atoms with E-state index in [9.17, 15) is 10.2 Å². The van der Waals surface area contributed by atoms with E-state index in [-0.39, 0.29) is 27.9 Å². The van der Waals surface area contributed by atoms with Crippen LogP contribution in [-0.4, -0.2) is 36.3 Å². The number of unbranched alkanes of at least 4 members (excludes halogenated alkanes) is 2. The Kier molecular flexibility index (Phi) is 8.21. The van der Waals surface area contributed by atoms with Gasteiger partial charge in [-0.3, -0.25) is 0 Å². The number of fused-ring (bicyclic) bond motifs is 5. The molecule has 0 aromatic rings. The fourth-order valence-corrected chi connectivity index (χ4v) is 10.9. The van der Waals surface area contributed by atoms with Crippen molar-refractivity contribution in [3.05, 3.63) is 0 Å². The highest BCUT2D eigenvalue weighted by Gasteiger charge is 2.64. The minimum atomic E-state index is -1.81. The van der Waals surface area contributed by atoms with Gasteiger partial charge in [0, 0.05) is 18.4 Å². The standard InChI is InChI=1S/C33H58O3Si/c1-10-11-12-13-18-33(7,35)29-15-14-25-24-22-28(34)27-21-23(36-37(8,9)30(2,3)4)16-19-31(27,5)26(24)17-20-32(25,29)6/h23-29,34-35H,10-12,14-17,19-22H2,1-9H3/t23?,24-,25-,26-,27?,28-,29-,31+,32-,33-/m0/s1. The molecule has 0 saturated heterocycles. The largest absolute Gasteiger partial charge is 0.414 e. The maximum Gasteiger partial charge on any atom is 0.192 e. The Labute approximate surface area is 230 Å². The Balaban J connectivity index is 1.50. The van der Waals surface area contributed by atoms with Crippen LogP contribution in [0.4, 0.5) is 0 Å². The second kappa shape index (κ2) is 10.2. The molecule has 4 aliphatic rings. The van der Waals surface area contributed by atoms with Crippen LogP contribution in [0.5, 0.6) is 0 Å². The van der Waals surface area contributed by atoms with Gasteiger partial charge < -0.3 is 14.6 Å². The molecule has 0 heterocycles. The van der Waals surface area contributed by atoms with E-state index >= 15 is 0 Å². The van der Waals surface area contributed by atoms with Crippen molar-refractivity contribution in [1.82, 2.24) is 0 Å². The average Bonchev–Trinajstić information content (AvgIpc) is 3.15. The molecule has 4 saturated carbocycles. The Bertz CT molecular complexity index is 878. The number of hydrogen-bond donors (Lipinski definition) is 2. The summed E-state index contributed by atoms with van der Waals surface area (Å²) in [4.78, 5) is 0. The Hall–Kier alpha value is -0.343. The molecule has 3 nitrogen and oxygen atoms in total. The summed E-state index contributed by atoms with van der Waals surface area (Å²) in [5.41, 5.74) is -0.587. The predicted octanol–water partition coefficient (Wildman–Crippen LogP) is 7.95. The van der Waals surface area contributed by atoms with Crippen LogP contribution >= 0.6 is 0 Å². The zero-order valence-electron chi connectivity index (χ0n) is 25.6. The second-order valence-corrected chi connectivity index (χ2v) is 20.6. The SMILES string of the molecule is CCCCC#C[C@](C)(O)[C@H]1CC[C@H]2[C@@H]3C[C@H](O)C4CC(O[Si](C)(C)C(C)(C)C)CC[C@]4(C)[C@H]3CC[C@@]21C. The first-order valence-electron chi connectivity index (χ1n) is 15.6. The van der Waals surface area contributed by atoms with Crippen LogP contribution in [0.3, 0.4) is 0 Å². The molecule has 2 N–H and O–H groups in total. The van der Waals surface area contributed by atoms with Gasteiger partial charge in [0.05, 0.1) is 6.10 Å². The summed E-state index contributed by atoms with van der Waals surface area (Å²) >= 11 is 0. The van der Waals surface area contributed by atoms with Gasteiger partial charge in [-0.2, -0.15) is 0 Å². The van der Waals surface area contributed by atoms with Crippen molar-refractivity contribution in [2.45, 2.75) is 155 Å². The summed E-state index contributed by atoms with van der Waals surface area (Å²) in [5.74, 6) is 9.05. The van der Waals surface area contributed by atoms with Gasteiger partial charge in [0.25, 0.3) is 0 Å². The third kappa shape index (κ3) is 5.26. The molecule has 2 unspecified atom stereocenters. The lowest BCUT2D eigenvalue weighted by Crippen LogP contribution is -2.59. The van der Waals surface area contributed by atoms with E-state index in [0.717, 1.165) is 44.9 Å². The molecule has 10 atom stereocenters. The lowest BCUT2D eigenvalue weighted by molar-refractivity contribution is -0.174. The molecule has 0 spiro atoms. The summed E-state index contributed by atoms with van der Waals surface area (Å²) in [6.45, 7) is 20.9. The number of aliphatic hydroxyl groups excluding tert-OH is 1. The van der Waals surface area contributed by atoms with Crippen LogP contribution in [0.15, 0.2) is 0 Å². The fraction of sp³-hybridized carbons (Fsp3) is 0.939. The maximum atomic E-state index is 11.7. The number of aliphatic hydroxyl groups is 2. The summed E-state index contributed by atoms with van der Waals surface area (Å²) in [7, 11) is -1.81. The highest BCUT2D eigenvalue weighted by atomic mass is 28.4. The van der Waals surface area contributed by atoms with Crippen molar-refractivity contribution < 1.29 is 14.6 Å². The normalized spacial score (nSPS) is 43.6. The molecule has 4 fully saturated rings. The number of hydrogen-bond acceptors (Lipinski definition) is 3. The van der Waals surface area contributed by atoms with Crippen LogP contribution in [0.1, 0.15) is 119 Å². The van der Waals surface area contributed by atoms with Crippen LogP contribution in [0.2, 0.25) is 18.1 Å². The lowest BCUT2D eigenvalue weighted by Gasteiger charge is -2.63. The van der Waals surface area contributed by atoms with Gasteiger partial charge in [0.1, 0.15) is 5.60 Å². The molecular weight excluding hydrogens is 472 g/mol. The first kappa shape index (κ1) is 29.6. The van der Waals surface area contributed by atoms with E-state index < -0.39 is 13.9 Å². The molecule has 4 aliphatic carbocycles. The van der Waals surface area contributed by atoms with E-state index in [1.54, 1.807) is 0 Å². The van der Waals surface area contributed by atoms with Gasteiger partial charge in [-0.25, -0.2) is 0 Å². The van der Waals surface area contributed by atoms with Gasteiger partial charge in [0.15, 0.2) is 8.32 Å². The monoisotopic (exact) mass is 530 g/mol. The van der Waals surface area contributed by atoms with Crippen LogP contribution < -0.4 is 0 Å². The molecule has 0 amide bonds. The molecule has 0 aromatic carbocycles. The smallest absolute Gasteiger partial charge is 0.192 e. The van der Waals surface area contributed by atoms with E-state index in [1.165, 1.54) is 25.7 Å². The zero-order valence-corrected chi connectivity index (χ0v) is 26.6. The highest BCUT2D eigenvalue weighted by molar-refractivity contribution is 6.74. The van der Waals surface area contributed by atoms with Gasteiger partial charge >= 0.3 is 0 Å². The van der Waals surface area contributed by atoms with Gasteiger partial charge in [-0.05, 0) is 117 Å². The minimum Gasteiger partial charge on any atom is -0.414 e. The molecule has 0 radical (unpaired) electrons. The van der Waals surface area contributed by atoms with Crippen molar-refractivity contribution in [1.29, 1.82) is 0 Å². The predicted molar refractivity (Wildman–Crippen MR) is 157 cm³/mol. The van der Waals surface area contributed by atoms with Gasteiger partial charge in [-0.15, -0.1) is 5.92 Å². The van der Waals surface area contributed by atoms with Crippen molar-refractivity contribution in [3.63, 3.8) is 0 Å². The molecule has 37 heavy (non-hydrogen) atoms. The van der Waals surface area contributed by atoms with Crippen molar-refractivity contribution in [3.8, 4) is 11.8 Å². The topological polar surface area (TPSA) is 49.7 Å². The summed E-state index contributed by atoms with van der Waals surface area (Å²) in [6.07, 6.45) is 12.2. The molecule has 0 bridgehead atoms. The summed E-state index contributed by atoms with van der Waals surface area (Å²) in [5, 5.41) is 23.4. The van der Waals surface area contributed by atoms with Crippen molar-refractivity contribution >= 4 is 8.32 Å². The fourth-order valence-electron chi connectivity index (χ4n) is 9.48. The average molecular weight is 531 g/mol. The quantitative estimate of drug-likeness (QED) is 0.215. The molecule has 0 aliphatic heterocycles. The lowest BCUT2D eigenvalue weighted by atomic mass is 9.43. The summed E-state index contributed by atoms with van der Waals surface area (Å²) in [6, 6.07) is 0. The summed E-state index contributed by atoms with van der Waals surface area (Å²) < 4.78 is 6.89. The molecule has 212 valence electrons. The van der Waals surface area contributed by atoms with Gasteiger partial charge in [0.2, 0.25) is 0 Å². The van der Waals surface area contributed by atoms with Crippen LogP contribution in [0, 0.1) is 52.3 Å². The zero-order chi connectivity index (χ0) is 27.4. The first-order chi connectivity index (χ1) is 17.1. The van der Waals surface area contributed by atoms with E-state index in [0.29, 0.717) is 29.8 Å². The number of rotatable bonds is 5. The Morgan fingerprint density at radius 2 is 1.57 bits per heavy atom. The Morgan fingerprint density at radius 3 is 2.22 bits per heavy atom. The van der Waals surface area contributed by atoms with E-state index in [4.69, 9.17) is 4.43 Å². The van der Waals surface area contributed by atoms with E-state index in [1.807, 2.05) is 6.92 Å². The van der Waals surface area contributed by atoms with Crippen LogP contribution in [0.25, 0.3) is 0 Å². The van der Waals surface area contributed by atoms with E-state index in [2.05, 4.69) is 66.5 Å². The minimum absolute atomic E-state index is 0.121. The molecule has 0 aromatic heterocycles. The first-order valence-corrected chi connectivity index (χ1v) is 18.6. The molecule has 4 heteroatoms. The highest BCUT2D eigenvalue weighted by Crippen LogP contribution is 2.68. The van der Waals surface area contributed by atoms with Crippen molar-refractivity contribution in [2.24, 2.45) is 40.4 Å². The third-order valence-corrected chi connectivity index (χ3v) is 17.1. The molecule has 4 rings (SSSR count). The molecular formula is C33H58O3Si. The van der Waals surface area contributed by atoms with Gasteiger partial charge in [-0.1, -0.05) is 53.9 Å². The maximum absolute atomic E-state index is 11.7. The van der Waals surface area contributed by atoms with Crippen LogP contribution in [-0.2, 0) is 4.43 Å². The Morgan fingerprint density at radius 1 is 0.919 bits per heavy atom. The third-order valence-electron chi connectivity index (χ3n) is 12.6. The van der Waals surface area contributed by atoms with Crippen molar-refractivity contribution in [2.75, 3.05) is 0 Å². The second-order valence-electron chi connectivity index (χ2n) is 15.8.